The Balaban J connectivity index is 1.80. The van der Waals surface area contributed by atoms with Crippen LogP contribution in [-0.4, -0.2) is 15.9 Å². The molecule has 5 heteroatoms. The van der Waals surface area contributed by atoms with Gasteiger partial charge in [0.1, 0.15) is 17.8 Å². The van der Waals surface area contributed by atoms with E-state index in [0.29, 0.717) is 11.5 Å². The molecule has 0 fully saturated rings. The lowest BCUT2D eigenvalue weighted by Crippen LogP contribution is -2.15. The Morgan fingerprint density at radius 1 is 0.920 bits per heavy atom. The van der Waals surface area contributed by atoms with Crippen molar-refractivity contribution in [3.05, 3.63) is 77.2 Å². The Morgan fingerprint density at radius 3 is 2.36 bits per heavy atom. The maximum Gasteiger partial charge on any atom is 0.274 e. The molecule has 0 atom stereocenters. The summed E-state index contributed by atoms with van der Waals surface area (Å²) in [6.45, 7) is 5.95. The largest absolute Gasteiger partial charge is 0.340 e. The normalized spacial score (nSPS) is 10.4. The van der Waals surface area contributed by atoms with E-state index in [1.54, 1.807) is 6.07 Å². The van der Waals surface area contributed by atoms with Crippen LogP contribution in [-0.2, 0) is 0 Å². The van der Waals surface area contributed by atoms with Crippen LogP contribution >= 0.6 is 0 Å². The second-order valence-electron chi connectivity index (χ2n) is 6.00. The molecular weight excluding hydrogens is 312 g/mol. The van der Waals surface area contributed by atoms with Crippen molar-refractivity contribution in [3.63, 3.8) is 0 Å². The lowest BCUT2D eigenvalue weighted by Gasteiger charge is -2.11. The predicted octanol–water partition coefficient (Wildman–Crippen LogP) is 4.40. The number of benzene rings is 2. The molecule has 1 aromatic heterocycles. The highest BCUT2D eigenvalue weighted by Crippen LogP contribution is 2.21. The van der Waals surface area contributed by atoms with Gasteiger partial charge < -0.3 is 10.6 Å². The van der Waals surface area contributed by atoms with Gasteiger partial charge in [0.15, 0.2) is 0 Å². The third-order valence-electron chi connectivity index (χ3n) is 3.91. The van der Waals surface area contributed by atoms with Crippen molar-refractivity contribution in [2.45, 2.75) is 20.8 Å². The highest BCUT2D eigenvalue weighted by atomic mass is 16.1. The molecule has 0 aliphatic rings. The van der Waals surface area contributed by atoms with E-state index in [2.05, 4.69) is 20.6 Å². The third-order valence-corrected chi connectivity index (χ3v) is 3.91. The van der Waals surface area contributed by atoms with Crippen LogP contribution in [0.4, 0.5) is 17.2 Å². The molecule has 126 valence electrons. The molecule has 5 nitrogen and oxygen atoms in total. The monoisotopic (exact) mass is 332 g/mol. The number of hydrogen-bond acceptors (Lipinski definition) is 4. The van der Waals surface area contributed by atoms with Gasteiger partial charge >= 0.3 is 0 Å². The van der Waals surface area contributed by atoms with Gasteiger partial charge in [-0.3, -0.25) is 4.79 Å². The molecule has 0 radical (unpaired) electrons. The number of carbonyl (C=O) groups is 1. The quantitative estimate of drug-likeness (QED) is 0.743. The van der Waals surface area contributed by atoms with E-state index in [9.17, 15) is 4.79 Å². The third kappa shape index (κ3) is 4.01. The number of anilines is 3. The molecule has 3 rings (SSSR count). The Hall–Kier alpha value is -3.21. The van der Waals surface area contributed by atoms with Crippen LogP contribution in [0.15, 0.2) is 54.9 Å². The maximum atomic E-state index is 12.5. The number of nitrogens with zero attached hydrogens (tertiary/aromatic N) is 2. The molecule has 0 saturated heterocycles. The van der Waals surface area contributed by atoms with E-state index >= 15 is 0 Å². The summed E-state index contributed by atoms with van der Waals surface area (Å²) in [4.78, 5) is 20.8. The van der Waals surface area contributed by atoms with Crippen LogP contribution in [0.25, 0.3) is 0 Å². The van der Waals surface area contributed by atoms with Crippen molar-refractivity contribution in [1.82, 2.24) is 9.97 Å². The Kier molecular flexibility index (Phi) is 4.75. The van der Waals surface area contributed by atoms with Crippen LogP contribution in [0.1, 0.15) is 27.2 Å². The molecule has 25 heavy (non-hydrogen) atoms. The van der Waals surface area contributed by atoms with Crippen LogP contribution < -0.4 is 10.6 Å². The van der Waals surface area contributed by atoms with Crippen molar-refractivity contribution in [2.75, 3.05) is 10.6 Å². The van der Waals surface area contributed by atoms with E-state index in [1.807, 2.05) is 63.2 Å². The Bertz CT molecular complexity index is 901. The smallest absolute Gasteiger partial charge is 0.274 e. The first-order chi connectivity index (χ1) is 12.0. The van der Waals surface area contributed by atoms with Gasteiger partial charge in [0.25, 0.3) is 5.91 Å². The molecule has 0 spiro atoms. The van der Waals surface area contributed by atoms with Gasteiger partial charge in [0.05, 0.1) is 0 Å². The summed E-state index contributed by atoms with van der Waals surface area (Å²) >= 11 is 0. The first kappa shape index (κ1) is 16.6. The number of aromatic nitrogens is 2. The van der Waals surface area contributed by atoms with Crippen LogP contribution in [0.5, 0.6) is 0 Å². The fraction of sp³-hybridized carbons (Fsp3) is 0.150. The van der Waals surface area contributed by atoms with E-state index < -0.39 is 0 Å². The van der Waals surface area contributed by atoms with E-state index in [0.717, 1.165) is 28.1 Å². The predicted molar refractivity (Wildman–Crippen MR) is 100 cm³/mol. The molecule has 0 bridgehead atoms. The zero-order valence-electron chi connectivity index (χ0n) is 14.5. The fourth-order valence-electron chi connectivity index (χ4n) is 2.61. The van der Waals surface area contributed by atoms with Crippen LogP contribution in [0.2, 0.25) is 0 Å². The van der Waals surface area contributed by atoms with Gasteiger partial charge in [-0.05, 0) is 49.6 Å². The van der Waals surface area contributed by atoms with E-state index in [1.165, 1.54) is 6.33 Å². The summed E-state index contributed by atoms with van der Waals surface area (Å²) < 4.78 is 0. The number of hydrogen-bond donors (Lipinski definition) is 2. The van der Waals surface area contributed by atoms with Crippen LogP contribution in [0, 0.1) is 20.8 Å². The zero-order chi connectivity index (χ0) is 17.8. The molecule has 2 aromatic carbocycles. The number of carbonyl (C=O) groups excluding carboxylic acids is 1. The first-order valence-electron chi connectivity index (χ1n) is 8.06. The zero-order valence-corrected chi connectivity index (χ0v) is 14.5. The lowest BCUT2D eigenvalue weighted by molar-refractivity contribution is 0.102. The number of nitrogens with one attached hydrogen (secondary N) is 2. The van der Waals surface area contributed by atoms with Gasteiger partial charge in [0.2, 0.25) is 0 Å². The number of aryl methyl sites for hydroxylation is 3. The molecule has 2 N–H and O–H groups in total. The van der Waals surface area contributed by atoms with Crippen molar-refractivity contribution < 1.29 is 4.79 Å². The molecule has 1 amide bonds. The molecular formula is C20H20N4O. The summed E-state index contributed by atoms with van der Waals surface area (Å²) in [6.07, 6.45) is 1.39. The highest BCUT2D eigenvalue weighted by molar-refractivity contribution is 6.04. The lowest BCUT2D eigenvalue weighted by atomic mass is 10.1. The fourth-order valence-corrected chi connectivity index (χ4v) is 2.61. The SMILES string of the molecule is Cc1cccc(Nc2cc(C(=O)Nc3c(C)cccc3C)ncn2)c1. The molecule has 0 unspecified atom stereocenters. The summed E-state index contributed by atoms with van der Waals surface area (Å²) in [5, 5.41) is 6.13. The van der Waals surface area contributed by atoms with Gasteiger partial charge in [-0.1, -0.05) is 30.3 Å². The molecule has 0 aliphatic carbocycles. The van der Waals surface area contributed by atoms with E-state index in [4.69, 9.17) is 0 Å². The van der Waals surface area contributed by atoms with Crippen molar-refractivity contribution in [1.29, 1.82) is 0 Å². The molecule has 3 aromatic rings. The van der Waals surface area contributed by atoms with Gasteiger partial charge in [-0.25, -0.2) is 9.97 Å². The minimum atomic E-state index is -0.257. The minimum absolute atomic E-state index is 0.257. The maximum absolute atomic E-state index is 12.5. The molecule has 0 saturated carbocycles. The van der Waals surface area contributed by atoms with Crippen molar-refractivity contribution in [2.24, 2.45) is 0 Å². The minimum Gasteiger partial charge on any atom is -0.340 e. The Morgan fingerprint density at radius 2 is 1.64 bits per heavy atom. The van der Waals surface area contributed by atoms with Crippen molar-refractivity contribution >= 4 is 23.1 Å². The van der Waals surface area contributed by atoms with Crippen molar-refractivity contribution in [3.8, 4) is 0 Å². The van der Waals surface area contributed by atoms with Crippen LogP contribution in [0.3, 0.4) is 0 Å². The number of rotatable bonds is 4. The topological polar surface area (TPSA) is 66.9 Å². The first-order valence-corrected chi connectivity index (χ1v) is 8.06. The molecule has 1 heterocycles. The van der Waals surface area contributed by atoms with Gasteiger partial charge in [-0.15, -0.1) is 0 Å². The average molecular weight is 332 g/mol. The van der Waals surface area contributed by atoms with E-state index in [-0.39, 0.29) is 5.91 Å². The summed E-state index contributed by atoms with van der Waals surface area (Å²) in [5.74, 6) is 0.319. The second-order valence-corrected chi connectivity index (χ2v) is 6.00. The summed E-state index contributed by atoms with van der Waals surface area (Å²) in [7, 11) is 0. The average Bonchev–Trinajstić information content (AvgIpc) is 2.58. The summed E-state index contributed by atoms with van der Waals surface area (Å²) in [5.41, 5.74) is 5.22. The highest BCUT2D eigenvalue weighted by Gasteiger charge is 2.12. The number of para-hydroxylation sites is 1. The van der Waals surface area contributed by atoms with Gasteiger partial charge in [0, 0.05) is 17.4 Å². The number of amides is 1. The standard InChI is InChI=1S/C20H20N4O/c1-13-6-4-9-16(10-13)23-18-11-17(21-12-22-18)20(25)24-19-14(2)7-5-8-15(19)3/h4-12H,1-3H3,(H,24,25)(H,21,22,23). The Labute approximate surface area is 147 Å². The molecule has 0 aliphatic heterocycles. The summed E-state index contributed by atoms with van der Waals surface area (Å²) in [6, 6.07) is 15.5. The van der Waals surface area contributed by atoms with Gasteiger partial charge in [-0.2, -0.15) is 0 Å². The second kappa shape index (κ2) is 7.13.